The van der Waals surface area contributed by atoms with E-state index in [4.69, 9.17) is 14.2 Å². The quantitative estimate of drug-likeness (QED) is 0.313. The standard InChI is InChI=1S/C20H20N2O7/c1-13-10-15(22(25)26)6-8-17(13)21-19(23)12-29-20(24)9-5-14-4-7-16(27-2)11-18(14)28-3/h4-11H,12H2,1-3H3,(H,21,23)/b9-5+. The Morgan fingerprint density at radius 1 is 1.14 bits per heavy atom. The van der Waals surface area contributed by atoms with Crippen LogP contribution < -0.4 is 14.8 Å². The van der Waals surface area contributed by atoms with E-state index in [0.29, 0.717) is 28.3 Å². The molecule has 1 N–H and O–H groups in total. The van der Waals surface area contributed by atoms with Crippen LogP contribution in [0.1, 0.15) is 11.1 Å². The SMILES string of the molecule is COc1ccc(/C=C/C(=O)OCC(=O)Nc2ccc([N+](=O)[O-])cc2C)c(OC)c1. The van der Waals surface area contributed by atoms with Crippen LogP contribution in [0.5, 0.6) is 11.5 Å². The summed E-state index contributed by atoms with van der Waals surface area (Å²) in [5.74, 6) is -0.149. The largest absolute Gasteiger partial charge is 0.497 e. The second-order valence-electron chi connectivity index (χ2n) is 5.85. The molecule has 9 nitrogen and oxygen atoms in total. The van der Waals surface area contributed by atoms with Crippen molar-refractivity contribution in [2.24, 2.45) is 0 Å². The van der Waals surface area contributed by atoms with E-state index >= 15 is 0 Å². The number of rotatable bonds is 8. The molecule has 0 aliphatic heterocycles. The van der Waals surface area contributed by atoms with Gasteiger partial charge in [-0.3, -0.25) is 14.9 Å². The van der Waals surface area contributed by atoms with Crippen LogP contribution >= 0.6 is 0 Å². The Morgan fingerprint density at radius 2 is 1.90 bits per heavy atom. The number of amides is 1. The molecule has 0 unspecified atom stereocenters. The lowest BCUT2D eigenvalue weighted by Gasteiger charge is -2.08. The van der Waals surface area contributed by atoms with E-state index in [9.17, 15) is 19.7 Å². The van der Waals surface area contributed by atoms with Crippen LogP contribution in [0.25, 0.3) is 6.08 Å². The zero-order valence-corrected chi connectivity index (χ0v) is 16.1. The number of carbonyl (C=O) groups excluding carboxylic acids is 2. The summed E-state index contributed by atoms with van der Waals surface area (Å²) in [7, 11) is 3.03. The number of anilines is 1. The summed E-state index contributed by atoms with van der Waals surface area (Å²) in [5, 5.41) is 13.3. The number of aryl methyl sites for hydroxylation is 1. The molecule has 2 rings (SSSR count). The average Bonchev–Trinajstić information content (AvgIpc) is 2.71. The lowest BCUT2D eigenvalue weighted by atomic mass is 10.1. The number of nitrogens with zero attached hydrogens (tertiary/aromatic N) is 1. The third kappa shape index (κ3) is 6.06. The monoisotopic (exact) mass is 400 g/mol. The number of ether oxygens (including phenoxy) is 3. The highest BCUT2D eigenvalue weighted by Crippen LogP contribution is 2.25. The zero-order chi connectivity index (χ0) is 21.4. The summed E-state index contributed by atoms with van der Waals surface area (Å²) >= 11 is 0. The minimum absolute atomic E-state index is 0.0778. The smallest absolute Gasteiger partial charge is 0.331 e. The lowest BCUT2D eigenvalue weighted by molar-refractivity contribution is -0.384. The summed E-state index contributed by atoms with van der Waals surface area (Å²) in [6.45, 7) is 1.12. The van der Waals surface area contributed by atoms with Crippen LogP contribution in [0.2, 0.25) is 0 Å². The van der Waals surface area contributed by atoms with E-state index in [0.717, 1.165) is 0 Å². The molecular formula is C20H20N2O7. The number of nitro benzene ring substituents is 1. The van der Waals surface area contributed by atoms with Gasteiger partial charge in [0.05, 0.1) is 19.1 Å². The van der Waals surface area contributed by atoms with Crippen molar-refractivity contribution in [3.05, 3.63) is 63.7 Å². The van der Waals surface area contributed by atoms with E-state index in [-0.39, 0.29) is 5.69 Å². The van der Waals surface area contributed by atoms with E-state index < -0.39 is 23.4 Å². The summed E-state index contributed by atoms with van der Waals surface area (Å²) in [5.41, 5.74) is 1.47. The van der Waals surface area contributed by atoms with E-state index in [2.05, 4.69) is 5.32 Å². The number of non-ortho nitro benzene ring substituents is 1. The number of methoxy groups -OCH3 is 2. The maximum Gasteiger partial charge on any atom is 0.331 e. The van der Waals surface area contributed by atoms with Crippen molar-refractivity contribution in [3.63, 3.8) is 0 Å². The fourth-order valence-electron chi connectivity index (χ4n) is 2.39. The first-order valence-electron chi connectivity index (χ1n) is 8.45. The summed E-state index contributed by atoms with van der Waals surface area (Å²) < 4.78 is 15.2. The normalized spacial score (nSPS) is 10.4. The summed E-state index contributed by atoms with van der Waals surface area (Å²) in [4.78, 5) is 34.0. The molecule has 0 heterocycles. The van der Waals surface area contributed by atoms with Crippen LogP contribution in [-0.2, 0) is 14.3 Å². The number of hydrogen-bond acceptors (Lipinski definition) is 7. The molecule has 0 aliphatic carbocycles. The highest BCUT2D eigenvalue weighted by atomic mass is 16.6. The van der Waals surface area contributed by atoms with Gasteiger partial charge in [-0.15, -0.1) is 0 Å². The van der Waals surface area contributed by atoms with Gasteiger partial charge in [0, 0.05) is 35.5 Å². The topological polar surface area (TPSA) is 117 Å². The number of carbonyl (C=O) groups is 2. The second-order valence-corrected chi connectivity index (χ2v) is 5.85. The molecule has 0 bridgehead atoms. The van der Waals surface area contributed by atoms with Gasteiger partial charge in [0.15, 0.2) is 6.61 Å². The maximum atomic E-state index is 12.0. The maximum absolute atomic E-state index is 12.0. The molecule has 0 fully saturated rings. The van der Waals surface area contributed by atoms with Crippen molar-refractivity contribution < 1.29 is 28.7 Å². The first-order chi connectivity index (χ1) is 13.8. The summed E-state index contributed by atoms with van der Waals surface area (Å²) in [6, 6.07) is 9.14. The van der Waals surface area contributed by atoms with Crippen LogP contribution in [0.3, 0.4) is 0 Å². The zero-order valence-electron chi connectivity index (χ0n) is 16.1. The Labute approximate surface area is 167 Å². The predicted molar refractivity (Wildman–Crippen MR) is 106 cm³/mol. The van der Waals surface area contributed by atoms with Gasteiger partial charge in [-0.1, -0.05) is 0 Å². The van der Waals surface area contributed by atoms with Gasteiger partial charge < -0.3 is 19.5 Å². The van der Waals surface area contributed by atoms with Gasteiger partial charge in [-0.05, 0) is 36.8 Å². The fraction of sp³-hybridized carbons (Fsp3) is 0.200. The average molecular weight is 400 g/mol. The van der Waals surface area contributed by atoms with Crippen molar-refractivity contribution in [1.82, 2.24) is 0 Å². The Kier molecular flexibility index (Phi) is 7.30. The third-order valence-corrected chi connectivity index (χ3v) is 3.88. The molecule has 1 amide bonds. The molecule has 0 aromatic heterocycles. The number of esters is 1. The number of benzene rings is 2. The van der Waals surface area contributed by atoms with Gasteiger partial charge in [-0.25, -0.2) is 4.79 Å². The van der Waals surface area contributed by atoms with Gasteiger partial charge in [-0.2, -0.15) is 0 Å². The minimum atomic E-state index is -0.710. The Bertz CT molecular complexity index is 954. The minimum Gasteiger partial charge on any atom is -0.497 e. The van der Waals surface area contributed by atoms with E-state index in [1.165, 1.54) is 44.6 Å². The van der Waals surface area contributed by atoms with Gasteiger partial charge in [0.2, 0.25) is 0 Å². The highest BCUT2D eigenvalue weighted by Gasteiger charge is 2.11. The van der Waals surface area contributed by atoms with Crippen LogP contribution in [-0.4, -0.2) is 37.6 Å². The number of nitrogens with one attached hydrogen (secondary N) is 1. The van der Waals surface area contributed by atoms with E-state index in [1.807, 2.05) is 0 Å². The van der Waals surface area contributed by atoms with Crippen molar-refractivity contribution in [3.8, 4) is 11.5 Å². The van der Waals surface area contributed by atoms with Crippen molar-refractivity contribution in [2.75, 3.05) is 26.1 Å². The Hall–Kier alpha value is -3.88. The van der Waals surface area contributed by atoms with Crippen molar-refractivity contribution >= 4 is 29.3 Å². The molecule has 0 saturated carbocycles. The molecule has 0 aliphatic rings. The Morgan fingerprint density at radius 3 is 2.52 bits per heavy atom. The lowest BCUT2D eigenvalue weighted by Crippen LogP contribution is -2.20. The molecule has 29 heavy (non-hydrogen) atoms. The number of nitro groups is 1. The summed E-state index contributed by atoms with van der Waals surface area (Å²) in [6.07, 6.45) is 2.67. The Balaban J connectivity index is 1.91. The van der Waals surface area contributed by atoms with Crippen molar-refractivity contribution in [2.45, 2.75) is 6.92 Å². The molecule has 2 aromatic carbocycles. The predicted octanol–water partition coefficient (Wildman–Crippen LogP) is 3.12. The number of hydrogen-bond donors (Lipinski definition) is 1. The first-order valence-corrected chi connectivity index (χ1v) is 8.45. The molecule has 0 atom stereocenters. The van der Waals surface area contributed by atoms with Crippen molar-refractivity contribution in [1.29, 1.82) is 0 Å². The molecule has 9 heteroatoms. The van der Waals surface area contributed by atoms with Gasteiger partial charge in [0.1, 0.15) is 11.5 Å². The first kappa shape index (κ1) is 21.4. The van der Waals surface area contributed by atoms with Gasteiger partial charge >= 0.3 is 5.97 Å². The second kappa shape index (κ2) is 9.88. The van der Waals surface area contributed by atoms with Gasteiger partial charge in [0.25, 0.3) is 11.6 Å². The van der Waals surface area contributed by atoms with Crippen LogP contribution in [0, 0.1) is 17.0 Å². The molecular weight excluding hydrogens is 380 g/mol. The third-order valence-electron chi connectivity index (χ3n) is 3.88. The highest BCUT2D eigenvalue weighted by molar-refractivity contribution is 5.95. The molecule has 0 radical (unpaired) electrons. The molecule has 152 valence electrons. The molecule has 2 aromatic rings. The molecule has 0 spiro atoms. The van der Waals surface area contributed by atoms with Crippen LogP contribution in [0.4, 0.5) is 11.4 Å². The molecule has 0 saturated heterocycles. The van der Waals surface area contributed by atoms with E-state index in [1.54, 1.807) is 25.1 Å². The fourth-order valence-corrected chi connectivity index (χ4v) is 2.39. The van der Waals surface area contributed by atoms with Crippen LogP contribution in [0.15, 0.2) is 42.5 Å².